The maximum atomic E-state index is 10.7. The second kappa shape index (κ2) is 14.9. The topological polar surface area (TPSA) is 93.1 Å². The number of unbranched alkanes of at least 4 members (excludes halogenated alkanes) is 4. The van der Waals surface area contributed by atoms with Gasteiger partial charge in [-0.1, -0.05) is 59.2 Å². The number of ether oxygens (including phenoxy) is 2. The Morgan fingerprint density at radius 3 is 1.26 bits per heavy atom. The highest BCUT2D eigenvalue weighted by molar-refractivity contribution is 6.57. The predicted molar refractivity (Wildman–Crippen MR) is 107 cm³/mol. The van der Waals surface area contributed by atoms with Crippen LogP contribution in [-0.4, -0.2) is 57.2 Å². The third-order valence-corrected chi connectivity index (χ3v) is 5.16. The van der Waals surface area contributed by atoms with Crippen molar-refractivity contribution in [2.45, 2.75) is 66.5 Å². The monoisotopic (exact) mass is 468 g/mol. The van der Waals surface area contributed by atoms with Gasteiger partial charge in [-0.3, -0.25) is 0 Å². The van der Waals surface area contributed by atoms with Gasteiger partial charge >= 0.3 is 11.9 Å². The van der Waals surface area contributed by atoms with Gasteiger partial charge in [0.1, 0.15) is 0 Å². The van der Waals surface area contributed by atoms with Crippen LogP contribution >= 0.6 is 46.4 Å². The zero-order chi connectivity index (χ0) is 20.8. The quantitative estimate of drug-likeness (QED) is 0.215. The highest BCUT2D eigenvalue weighted by Crippen LogP contribution is 2.28. The molecule has 0 heterocycles. The molecule has 2 N–H and O–H groups in total. The van der Waals surface area contributed by atoms with Crippen molar-refractivity contribution in [1.29, 1.82) is 0 Å². The van der Waals surface area contributed by atoms with Gasteiger partial charge in [0.15, 0.2) is 0 Å². The summed E-state index contributed by atoms with van der Waals surface area (Å²) in [5, 5.41) is 17.5. The normalized spacial score (nSPS) is 12.3. The lowest BCUT2D eigenvalue weighted by atomic mass is 10.1. The minimum atomic E-state index is -1.70. The average molecular weight is 470 g/mol. The number of carbonyl (C=O) groups is 2. The number of rotatable bonds is 18. The van der Waals surface area contributed by atoms with E-state index in [1.165, 1.54) is 0 Å². The second-order valence-corrected chi connectivity index (χ2v) is 9.19. The van der Waals surface area contributed by atoms with E-state index in [4.69, 9.17) is 66.1 Å². The molecule has 0 aromatic carbocycles. The largest absolute Gasteiger partial charge is 0.479 e. The smallest absolute Gasteiger partial charge is 0.340 e. The van der Waals surface area contributed by atoms with Gasteiger partial charge < -0.3 is 19.7 Å². The van der Waals surface area contributed by atoms with Crippen LogP contribution in [0.25, 0.3) is 0 Å². The minimum absolute atomic E-state index is 0.215. The molecule has 0 atom stereocenters. The fourth-order valence-corrected chi connectivity index (χ4v) is 2.67. The lowest BCUT2D eigenvalue weighted by molar-refractivity contribution is -0.139. The van der Waals surface area contributed by atoms with Gasteiger partial charge in [0.05, 0.1) is 0 Å². The van der Waals surface area contributed by atoms with E-state index in [2.05, 4.69) is 0 Å². The highest BCUT2D eigenvalue weighted by atomic mass is 35.5. The Bertz CT molecular complexity index is 394. The van der Waals surface area contributed by atoms with E-state index in [1.807, 2.05) is 0 Å². The zero-order valence-corrected chi connectivity index (χ0v) is 18.3. The van der Waals surface area contributed by atoms with Crippen LogP contribution in [0.3, 0.4) is 0 Å². The molecular weight excluding hydrogens is 442 g/mol. The van der Waals surface area contributed by atoms with Crippen molar-refractivity contribution in [1.82, 2.24) is 0 Å². The summed E-state index contributed by atoms with van der Waals surface area (Å²) in [6, 6.07) is 0. The van der Waals surface area contributed by atoms with Crippen LogP contribution < -0.4 is 0 Å². The number of carboxylic acid groups (broad SMARTS) is 2. The first-order valence-electron chi connectivity index (χ1n) is 8.97. The van der Waals surface area contributed by atoms with Crippen LogP contribution in [0.5, 0.6) is 0 Å². The van der Waals surface area contributed by atoms with Crippen LogP contribution in [0.2, 0.25) is 0 Å². The van der Waals surface area contributed by atoms with Gasteiger partial charge in [-0.25, -0.2) is 9.59 Å². The molecule has 0 aliphatic rings. The molecule has 0 aromatic heterocycles. The maximum absolute atomic E-state index is 10.7. The molecule has 0 aromatic rings. The maximum Gasteiger partial charge on any atom is 0.340 e. The van der Waals surface area contributed by atoms with E-state index < -0.39 is 20.6 Å². The molecule has 0 bridgehead atoms. The summed E-state index contributed by atoms with van der Waals surface area (Å²) in [4.78, 5) is 21.4. The third kappa shape index (κ3) is 14.6. The number of halogens is 4. The molecule has 0 fully saturated rings. The average Bonchev–Trinajstić information content (AvgIpc) is 2.57. The van der Waals surface area contributed by atoms with Gasteiger partial charge in [-0.2, -0.15) is 0 Å². The molecule has 0 saturated heterocycles. The number of aliphatic carboxylic acids is 2. The lowest BCUT2D eigenvalue weighted by Gasteiger charge is -2.13. The molecule has 0 radical (unpaired) electrons. The van der Waals surface area contributed by atoms with Gasteiger partial charge in [-0.15, -0.1) is 0 Å². The van der Waals surface area contributed by atoms with Crippen molar-refractivity contribution in [3.63, 3.8) is 0 Å². The van der Waals surface area contributed by atoms with E-state index in [1.54, 1.807) is 0 Å². The van der Waals surface area contributed by atoms with Crippen molar-refractivity contribution >= 4 is 58.3 Å². The van der Waals surface area contributed by atoms with Crippen molar-refractivity contribution in [2.75, 3.05) is 26.4 Å². The van der Waals surface area contributed by atoms with Gasteiger partial charge in [0.25, 0.3) is 0 Å². The zero-order valence-electron chi connectivity index (χ0n) is 15.2. The summed E-state index contributed by atoms with van der Waals surface area (Å²) >= 11 is 22.6. The second-order valence-electron chi connectivity index (χ2n) is 6.22. The van der Waals surface area contributed by atoms with Crippen LogP contribution in [0.1, 0.15) is 57.8 Å². The summed E-state index contributed by atoms with van der Waals surface area (Å²) in [5.74, 6) is -2.43. The van der Waals surface area contributed by atoms with Gasteiger partial charge in [-0.05, 0) is 44.9 Å². The predicted octanol–water partition coefficient (Wildman–Crippen LogP) is 5.05. The van der Waals surface area contributed by atoms with Crippen molar-refractivity contribution < 1.29 is 29.3 Å². The Hall–Kier alpha value is 0.0200. The van der Waals surface area contributed by atoms with Crippen LogP contribution in [-0.2, 0) is 19.1 Å². The molecule has 0 spiro atoms. The first-order valence-corrected chi connectivity index (χ1v) is 10.5. The fraction of sp³-hybridized carbons (Fsp3) is 0.882. The lowest BCUT2D eigenvalue weighted by Crippen LogP contribution is -2.25. The van der Waals surface area contributed by atoms with E-state index in [0.717, 1.165) is 32.1 Å². The first-order chi connectivity index (χ1) is 12.6. The van der Waals surface area contributed by atoms with Crippen molar-refractivity contribution in [3.05, 3.63) is 0 Å². The molecule has 0 saturated carbocycles. The van der Waals surface area contributed by atoms with E-state index in [-0.39, 0.29) is 12.8 Å². The van der Waals surface area contributed by atoms with Crippen molar-refractivity contribution in [2.24, 2.45) is 0 Å². The Labute approximate surface area is 180 Å². The summed E-state index contributed by atoms with van der Waals surface area (Å²) in [5.41, 5.74) is 0. The van der Waals surface area contributed by atoms with E-state index in [0.29, 0.717) is 39.3 Å². The van der Waals surface area contributed by atoms with Crippen LogP contribution in [0.4, 0.5) is 0 Å². The summed E-state index contributed by atoms with van der Waals surface area (Å²) < 4.78 is 7.54. The Morgan fingerprint density at radius 1 is 0.593 bits per heavy atom. The van der Waals surface area contributed by atoms with Gasteiger partial charge in [0, 0.05) is 26.4 Å². The summed E-state index contributed by atoms with van der Waals surface area (Å²) in [6.45, 7) is 2.41. The molecule has 0 rings (SSSR count). The number of alkyl halides is 4. The SMILES string of the molecule is O=C(O)C(Cl)(Cl)CCCCCOCCCOCCCCCC(Cl)(Cl)C(=O)O. The molecule has 160 valence electrons. The Balaban J connectivity index is 3.30. The standard InChI is InChI=1S/C17H28Cl4O6/c18-16(19,14(22)23)8-3-1-5-10-26-12-7-13-27-11-6-2-4-9-17(20,21)15(24)25/h1-13H2,(H,22,23)(H,24,25). The fourth-order valence-electron chi connectivity index (χ4n) is 2.14. The van der Waals surface area contributed by atoms with E-state index in [9.17, 15) is 9.59 Å². The molecule has 27 heavy (non-hydrogen) atoms. The molecule has 0 aliphatic carbocycles. The Kier molecular flexibility index (Phi) is 15.0. The van der Waals surface area contributed by atoms with Gasteiger partial charge in [0.2, 0.25) is 8.67 Å². The van der Waals surface area contributed by atoms with Crippen LogP contribution in [0.15, 0.2) is 0 Å². The number of carboxylic acids is 2. The molecule has 10 heteroatoms. The highest BCUT2D eigenvalue weighted by Gasteiger charge is 2.33. The molecule has 6 nitrogen and oxygen atoms in total. The molecule has 0 amide bonds. The summed E-state index contributed by atoms with van der Waals surface area (Å²) in [7, 11) is 0. The molecule has 0 unspecified atom stereocenters. The van der Waals surface area contributed by atoms with E-state index >= 15 is 0 Å². The number of hydrogen-bond donors (Lipinski definition) is 2. The summed E-state index contributed by atoms with van der Waals surface area (Å²) in [6.07, 6.45) is 5.74. The molecular formula is C17H28Cl4O6. The number of hydrogen-bond acceptors (Lipinski definition) is 4. The van der Waals surface area contributed by atoms with Crippen LogP contribution in [0, 0.1) is 0 Å². The van der Waals surface area contributed by atoms with Crippen molar-refractivity contribution in [3.8, 4) is 0 Å². The Morgan fingerprint density at radius 2 is 0.926 bits per heavy atom. The third-order valence-electron chi connectivity index (χ3n) is 3.76. The molecule has 0 aliphatic heterocycles. The first kappa shape index (κ1) is 27.0. The minimum Gasteiger partial charge on any atom is -0.479 e.